The summed E-state index contributed by atoms with van der Waals surface area (Å²) < 4.78 is 0. The van der Waals surface area contributed by atoms with Crippen LogP contribution >= 0.6 is 0 Å². The molecule has 2 rings (SSSR count). The quantitative estimate of drug-likeness (QED) is 0.923. The van der Waals surface area contributed by atoms with Gasteiger partial charge >= 0.3 is 0 Å². The van der Waals surface area contributed by atoms with Crippen molar-refractivity contribution in [3.05, 3.63) is 35.4 Å². The molecule has 0 unspecified atom stereocenters. The fraction of sp³-hybridized carbons (Fsp3) is 0.600. The number of nitrogens with one attached hydrogen (secondary N) is 1. The van der Waals surface area contributed by atoms with Gasteiger partial charge < -0.3 is 10.2 Å². The van der Waals surface area contributed by atoms with E-state index >= 15 is 0 Å². The Labute approximate surface area is 145 Å². The number of rotatable bonds is 4. The maximum atomic E-state index is 12.2. The molecule has 0 atom stereocenters. The van der Waals surface area contributed by atoms with Gasteiger partial charge in [-0.2, -0.15) is 0 Å². The fourth-order valence-corrected chi connectivity index (χ4v) is 3.10. The molecule has 1 fully saturated rings. The minimum atomic E-state index is 0.0452. The van der Waals surface area contributed by atoms with Crippen molar-refractivity contribution in [3.8, 4) is 0 Å². The van der Waals surface area contributed by atoms with E-state index in [-0.39, 0.29) is 23.1 Å². The lowest BCUT2D eigenvalue weighted by atomic mass is 9.86. The second-order valence-electron chi connectivity index (χ2n) is 7.77. The van der Waals surface area contributed by atoms with Gasteiger partial charge in [0, 0.05) is 32.5 Å². The zero-order chi connectivity index (χ0) is 17.7. The zero-order valence-electron chi connectivity index (χ0n) is 15.4. The number of likely N-dealkylation sites (tertiary alicyclic amines) is 1. The molecule has 1 aromatic rings. The fourth-order valence-electron chi connectivity index (χ4n) is 3.10. The van der Waals surface area contributed by atoms with Crippen LogP contribution in [0.1, 0.15) is 51.7 Å². The Kier molecular flexibility index (Phi) is 6.03. The molecule has 1 aliphatic heterocycles. The molecular weight excluding hydrogens is 300 g/mol. The Balaban J connectivity index is 1.74. The number of carbonyl (C=O) groups is 2. The van der Waals surface area contributed by atoms with Crippen LogP contribution in [0.2, 0.25) is 0 Å². The summed E-state index contributed by atoms with van der Waals surface area (Å²) in [5.41, 5.74) is 2.74. The molecule has 0 aromatic heterocycles. The maximum absolute atomic E-state index is 12.2. The van der Waals surface area contributed by atoms with E-state index in [1.165, 1.54) is 11.1 Å². The highest BCUT2D eigenvalue weighted by atomic mass is 16.2. The van der Waals surface area contributed by atoms with Crippen LogP contribution in [0.4, 0.5) is 0 Å². The van der Waals surface area contributed by atoms with Crippen LogP contribution in [-0.4, -0.2) is 36.3 Å². The molecule has 1 heterocycles. The van der Waals surface area contributed by atoms with Crippen molar-refractivity contribution in [1.29, 1.82) is 0 Å². The zero-order valence-corrected chi connectivity index (χ0v) is 15.4. The van der Waals surface area contributed by atoms with Crippen molar-refractivity contribution in [2.45, 2.75) is 52.4 Å². The summed E-state index contributed by atoms with van der Waals surface area (Å²) in [7, 11) is 0. The van der Waals surface area contributed by atoms with Crippen LogP contribution in [0.15, 0.2) is 24.3 Å². The van der Waals surface area contributed by atoms with Gasteiger partial charge in [0.2, 0.25) is 11.8 Å². The molecule has 1 aromatic carbocycles. The van der Waals surface area contributed by atoms with Crippen molar-refractivity contribution >= 4 is 11.8 Å². The highest BCUT2D eigenvalue weighted by Crippen LogP contribution is 2.22. The molecule has 0 aliphatic carbocycles. The Morgan fingerprint density at radius 2 is 1.71 bits per heavy atom. The van der Waals surface area contributed by atoms with Crippen LogP contribution in [0.3, 0.4) is 0 Å². The highest BCUT2D eigenvalue weighted by Gasteiger charge is 2.25. The highest BCUT2D eigenvalue weighted by molar-refractivity contribution is 5.79. The van der Waals surface area contributed by atoms with Crippen LogP contribution in [0.5, 0.6) is 0 Å². The van der Waals surface area contributed by atoms with Gasteiger partial charge in [0.15, 0.2) is 0 Å². The molecule has 1 saturated heterocycles. The minimum Gasteiger partial charge on any atom is -0.356 e. The summed E-state index contributed by atoms with van der Waals surface area (Å²) in [5.74, 6) is 0.279. The SMILES string of the molecule is CC(=O)N1CCC(C(=O)NCCc2ccc(C(C)(C)C)cc2)CC1. The van der Waals surface area contributed by atoms with Crippen molar-refractivity contribution < 1.29 is 9.59 Å². The largest absolute Gasteiger partial charge is 0.356 e. The van der Waals surface area contributed by atoms with Gasteiger partial charge in [-0.1, -0.05) is 45.0 Å². The first kappa shape index (κ1) is 18.5. The molecule has 0 bridgehead atoms. The standard InChI is InChI=1S/C20H30N2O2/c1-15(23)22-13-10-17(11-14-22)19(24)21-12-9-16-5-7-18(8-6-16)20(2,3)4/h5-8,17H,9-14H2,1-4H3,(H,21,24). The van der Waals surface area contributed by atoms with E-state index in [0.717, 1.165) is 19.3 Å². The lowest BCUT2D eigenvalue weighted by molar-refractivity contribution is -0.133. The second kappa shape index (κ2) is 7.82. The Morgan fingerprint density at radius 1 is 1.12 bits per heavy atom. The molecule has 0 radical (unpaired) electrons. The lowest BCUT2D eigenvalue weighted by Crippen LogP contribution is -2.42. The second-order valence-corrected chi connectivity index (χ2v) is 7.77. The number of carbonyl (C=O) groups excluding carboxylic acids is 2. The van der Waals surface area contributed by atoms with E-state index in [1.807, 2.05) is 4.90 Å². The normalized spacial score (nSPS) is 16.1. The summed E-state index contributed by atoms with van der Waals surface area (Å²) in [6.45, 7) is 10.3. The molecule has 0 spiro atoms. The van der Waals surface area contributed by atoms with Crippen LogP contribution in [0.25, 0.3) is 0 Å². The molecule has 132 valence electrons. The summed E-state index contributed by atoms with van der Waals surface area (Å²) in [6.07, 6.45) is 2.39. The van der Waals surface area contributed by atoms with Gasteiger partial charge in [-0.05, 0) is 35.8 Å². The van der Waals surface area contributed by atoms with E-state index in [0.29, 0.717) is 19.6 Å². The van der Waals surface area contributed by atoms with Crippen molar-refractivity contribution in [2.75, 3.05) is 19.6 Å². The van der Waals surface area contributed by atoms with Gasteiger partial charge in [-0.15, -0.1) is 0 Å². The van der Waals surface area contributed by atoms with E-state index in [9.17, 15) is 9.59 Å². The van der Waals surface area contributed by atoms with E-state index in [2.05, 4.69) is 50.4 Å². The summed E-state index contributed by atoms with van der Waals surface area (Å²) in [5, 5.41) is 3.05. The molecule has 4 nitrogen and oxygen atoms in total. The van der Waals surface area contributed by atoms with Gasteiger partial charge in [0.25, 0.3) is 0 Å². The number of amides is 2. The van der Waals surface area contributed by atoms with Gasteiger partial charge in [0.1, 0.15) is 0 Å². The third-order valence-corrected chi connectivity index (χ3v) is 4.84. The smallest absolute Gasteiger partial charge is 0.223 e. The number of nitrogens with zero attached hydrogens (tertiary/aromatic N) is 1. The molecule has 0 saturated carbocycles. The minimum absolute atomic E-state index is 0.0452. The number of benzene rings is 1. The summed E-state index contributed by atoms with van der Waals surface area (Å²) >= 11 is 0. The van der Waals surface area contributed by atoms with Crippen LogP contribution < -0.4 is 5.32 Å². The summed E-state index contributed by atoms with van der Waals surface area (Å²) in [4.78, 5) is 25.4. The number of hydrogen-bond donors (Lipinski definition) is 1. The van der Waals surface area contributed by atoms with Gasteiger partial charge in [0.05, 0.1) is 0 Å². The average molecular weight is 330 g/mol. The topological polar surface area (TPSA) is 49.4 Å². The van der Waals surface area contributed by atoms with Gasteiger partial charge in [-0.25, -0.2) is 0 Å². The Bertz CT molecular complexity index is 564. The van der Waals surface area contributed by atoms with E-state index < -0.39 is 0 Å². The monoisotopic (exact) mass is 330 g/mol. The first-order chi connectivity index (χ1) is 11.3. The predicted octanol–water partition coefficient (Wildman–Crippen LogP) is 2.90. The van der Waals surface area contributed by atoms with E-state index in [1.54, 1.807) is 6.92 Å². The van der Waals surface area contributed by atoms with E-state index in [4.69, 9.17) is 0 Å². The van der Waals surface area contributed by atoms with Crippen molar-refractivity contribution in [2.24, 2.45) is 5.92 Å². The third kappa shape index (κ3) is 5.08. The Hall–Kier alpha value is -1.84. The lowest BCUT2D eigenvalue weighted by Gasteiger charge is -2.30. The third-order valence-electron chi connectivity index (χ3n) is 4.84. The molecule has 1 N–H and O–H groups in total. The van der Waals surface area contributed by atoms with Crippen molar-refractivity contribution in [1.82, 2.24) is 10.2 Å². The molecule has 24 heavy (non-hydrogen) atoms. The van der Waals surface area contributed by atoms with Crippen LogP contribution in [0, 0.1) is 5.92 Å². The summed E-state index contributed by atoms with van der Waals surface area (Å²) in [6, 6.07) is 8.65. The molecule has 1 aliphatic rings. The number of piperidine rings is 1. The molecular formula is C20H30N2O2. The molecule has 2 amide bonds. The molecule has 4 heteroatoms. The van der Waals surface area contributed by atoms with Crippen LogP contribution in [-0.2, 0) is 21.4 Å². The number of hydrogen-bond acceptors (Lipinski definition) is 2. The predicted molar refractivity (Wildman–Crippen MR) is 96.8 cm³/mol. The first-order valence-electron chi connectivity index (χ1n) is 8.90. The first-order valence-corrected chi connectivity index (χ1v) is 8.90. The Morgan fingerprint density at radius 3 is 2.21 bits per heavy atom. The van der Waals surface area contributed by atoms with Gasteiger partial charge in [-0.3, -0.25) is 9.59 Å². The average Bonchev–Trinajstić information content (AvgIpc) is 2.54. The maximum Gasteiger partial charge on any atom is 0.223 e. The van der Waals surface area contributed by atoms with Crippen molar-refractivity contribution in [3.63, 3.8) is 0 Å².